The van der Waals surface area contributed by atoms with Crippen LogP contribution in [0.25, 0.3) is 0 Å². The first-order valence-corrected chi connectivity index (χ1v) is 9.60. The van der Waals surface area contributed by atoms with Crippen LogP contribution in [-0.4, -0.2) is 17.7 Å². The summed E-state index contributed by atoms with van der Waals surface area (Å²) in [6, 6.07) is 15.5. The fourth-order valence-electron chi connectivity index (χ4n) is 4.85. The van der Waals surface area contributed by atoms with Crippen molar-refractivity contribution in [1.82, 2.24) is 0 Å². The number of rotatable bonds is 4. The van der Waals surface area contributed by atoms with Gasteiger partial charge in [0.05, 0.1) is 0 Å². The van der Waals surface area contributed by atoms with Crippen LogP contribution >= 0.6 is 0 Å². The normalized spacial score (nSPS) is 28.7. The number of benzene rings is 2. The summed E-state index contributed by atoms with van der Waals surface area (Å²) in [7, 11) is 0. The van der Waals surface area contributed by atoms with Crippen LogP contribution in [0.1, 0.15) is 56.2 Å². The van der Waals surface area contributed by atoms with Crippen molar-refractivity contribution in [1.29, 1.82) is 0 Å². The van der Waals surface area contributed by atoms with E-state index in [1.807, 2.05) is 12.1 Å². The van der Waals surface area contributed by atoms with Crippen LogP contribution in [0.4, 0.5) is 5.69 Å². The van der Waals surface area contributed by atoms with Gasteiger partial charge in [-0.05, 0) is 61.8 Å². The summed E-state index contributed by atoms with van der Waals surface area (Å²) in [5.41, 5.74) is 5.41. The maximum atomic E-state index is 10.4. The number of aryl methyl sites for hydroxylation is 1. The van der Waals surface area contributed by atoms with Crippen molar-refractivity contribution in [2.75, 3.05) is 11.4 Å². The molecule has 0 amide bonds. The molecule has 1 heterocycles. The molecule has 1 aliphatic heterocycles. The SMILES string of the molecule is CCC(c1cccc(N2CC3CC3(C)C2C)c1)c1cc(C)ccc1O. The first-order valence-electron chi connectivity index (χ1n) is 9.60. The lowest BCUT2D eigenvalue weighted by molar-refractivity contribution is 0.463. The molecule has 0 aromatic heterocycles. The van der Waals surface area contributed by atoms with E-state index in [9.17, 15) is 5.11 Å². The number of nitrogens with zero attached hydrogens (tertiary/aromatic N) is 1. The minimum atomic E-state index is 0.239. The molecule has 0 radical (unpaired) electrons. The van der Waals surface area contributed by atoms with Gasteiger partial charge in [0.25, 0.3) is 0 Å². The molecule has 4 atom stereocenters. The highest BCUT2D eigenvalue weighted by Crippen LogP contribution is 2.61. The maximum Gasteiger partial charge on any atom is 0.119 e. The standard InChI is InChI=1S/C23H29NO/c1-5-20(21-11-15(2)9-10-22(21)25)17-7-6-8-19(12-17)24-14-18-13-23(18,4)16(24)3/h6-12,16,18,20,25H,5,13-14H2,1-4H3. The summed E-state index contributed by atoms with van der Waals surface area (Å²) in [6.45, 7) is 10.3. The lowest BCUT2D eigenvalue weighted by atomic mass is 9.87. The van der Waals surface area contributed by atoms with E-state index in [0.29, 0.717) is 17.2 Å². The summed E-state index contributed by atoms with van der Waals surface area (Å²) < 4.78 is 0. The number of anilines is 1. The minimum absolute atomic E-state index is 0.239. The first kappa shape index (κ1) is 16.5. The van der Waals surface area contributed by atoms with Crippen molar-refractivity contribution in [3.63, 3.8) is 0 Å². The molecule has 2 aliphatic rings. The molecule has 1 saturated carbocycles. The molecule has 1 aliphatic carbocycles. The van der Waals surface area contributed by atoms with E-state index in [0.717, 1.165) is 17.9 Å². The van der Waals surface area contributed by atoms with E-state index >= 15 is 0 Å². The van der Waals surface area contributed by atoms with Crippen molar-refractivity contribution >= 4 is 5.69 Å². The largest absolute Gasteiger partial charge is 0.508 e. The van der Waals surface area contributed by atoms with Crippen LogP contribution in [0.2, 0.25) is 0 Å². The van der Waals surface area contributed by atoms with Gasteiger partial charge in [-0.1, -0.05) is 43.7 Å². The third kappa shape index (κ3) is 2.63. The minimum Gasteiger partial charge on any atom is -0.508 e. The second kappa shape index (κ2) is 5.79. The average Bonchev–Trinajstić information content (AvgIpc) is 3.20. The Bertz CT molecular complexity index is 798. The predicted octanol–water partition coefficient (Wildman–Crippen LogP) is 5.48. The van der Waals surface area contributed by atoms with Gasteiger partial charge in [-0.3, -0.25) is 0 Å². The maximum absolute atomic E-state index is 10.4. The molecule has 4 rings (SSSR count). The Morgan fingerprint density at radius 1 is 1.24 bits per heavy atom. The molecule has 4 unspecified atom stereocenters. The van der Waals surface area contributed by atoms with E-state index in [4.69, 9.17) is 0 Å². The molecular weight excluding hydrogens is 306 g/mol. The van der Waals surface area contributed by atoms with E-state index in [-0.39, 0.29) is 5.92 Å². The Morgan fingerprint density at radius 2 is 2.04 bits per heavy atom. The average molecular weight is 335 g/mol. The van der Waals surface area contributed by atoms with Gasteiger partial charge in [0.2, 0.25) is 0 Å². The van der Waals surface area contributed by atoms with Crippen LogP contribution < -0.4 is 4.90 Å². The van der Waals surface area contributed by atoms with Gasteiger partial charge < -0.3 is 10.0 Å². The number of phenolic OH excluding ortho intramolecular Hbond substituents is 1. The zero-order valence-corrected chi connectivity index (χ0v) is 15.8. The Labute approximate surface area is 151 Å². The highest BCUT2D eigenvalue weighted by molar-refractivity contribution is 5.55. The van der Waals surface area contributed by atoms with Crippen molar-refractivity contribution in [2.24, 2.45) is 11.3 Å². The van der Waals surface area contributed by atoms with Crippen LogP contribution in [-0.2, 0) is 0 Å². The molecule has 132 valence electrons. The zero-order valence-electron chi connectivity index (χ0n) is 15.8. The third-order valence-electron chi connectivity index (χ3n) is 6.87. The van der Waals surface area contributed by atoms with Crippen molar-refractivity contribution in [3.05, 3.63) is 59.2 Å². The lowest BCUT2D eigenvalue weighted by Crippen LogP contribution is -2.33. The third-order valence-corrected chi connectivity index (χ3v) is 6.87. The summed E-state index contributed by atoms with van der Waals surface area (Å²) in [5.74, 6) is 1.52. The van der Waals surface area contributed by atoms with Crippen molar-refractivity contribution in [3.8, 4) is 5.75 Å². The second-order valence-corrected chi connectivity index (χ2v) is 8.35. The van der Waals surface area contributed by atoms with Gasteiger partial charge in [0.15, 0.2) is 0 Å². The van der Waals surface area contributed by atoms with Gasteiger partial charge in [0.1, 0.15) is 5.75 Å². The van der Waals surface area contributed by atoms with Gasteiger partial charge in [0, 0.05) is 29.8 Å². The number of piperidine rings is 1. The summed E-state index contributed by atoms with van der Waals surface area (Å²) in [4.78, 5) is 2.58. The van der Waals surface area contributed by atoms with Crippen LogP contribution in [0.5, 0.6) is 5.75 Å². The van der Waals surface area contributed by atoms with Crippen LogP contribution in [0, 0.1) is 18.3 Å². The smallest absolute Gasteiger partial charge is 0.119 e. The number of hydrogen-bond donors (Lipinski definition) is 1. The number of aromatic hydroxyl groups is 1. The molecule has 0 spiro atoms. The number of fused-ring (bicyclic) bond motifs is 1. The van der Waals surface area contributed by atoms with Gasteiger partial charge >= 0.3 is 0 Å². The van der Waals surface area contributed by atoms with Crippen molar-refractivity contribution < 1.29 is 5.11 Å². The van der Waals surface area contributed by atoms with Crippen LogP contribution in [0.15, 0.2) is 42.5 Å². The molecular formula is C23H29NO. The second-order valence-electron chi connectivity index (χ2n) is 8.35. The summed E-state index contributed by atoms with van der Waals surface area (Å²) in [6.07, 6.45) is 2.37. The Kier molecular flexibility index (Phi) is 3.82. The molecule has 2 aromatic carbocycles. The Morgan fingerprint density at radius 3 is 2.72 bits per heavy atom. The quantitative estimate of drug-likeness (QED) is 0.800. The predicted molar refractivity (Wildman–Crippen MR) is 104 cm³/mol. The summed E-state index contributed by atoms with van der Waals surface area (Å²) in [5, 5.41) is 10.4. The fourth-order valence-corrected chi connectivity index (χ4v) is 4.85. The van der Waals surface area contributed by atoms with Gasteiger partial charge in [-0.25, -0.2) is 0 Å². The van der Waals surface area contributed by atoms with Crippen LogP contribution in [0.3, 0.4) is 0 Å². The Hall–Kier alpha value is -1.96. The fraction of sp³-hybridized carbons (Fsp3) is 0.478. The molecule has 1 saturated heterocycles. The molecule has 2 aromatic rings. The Balaban J connectivity index is 1.67. The highest BCUT2D eigenvalue weighted by Gasteiger charge is 2.60. The van der Waals surface area contributed by atoms with E-state index < -0.39 is 0 Å². The monoisotopic (exact) mass is 335 g/mol. The van der Waals surface area contributed by atoms with Crippen molar-refractivity contribution in [2.45, 2.75) is 52.5 Å². The number of hydrogen-bond acceptors (Lipinski definition) is 2. The zero-order chi connectivity index (χ0) is 17.8. The summed E-state index contributed by atoms with van der Waals surface area (Å²) >= 11 is 0. The molecule has 2 nitrogen and oxygen atoms in total. The lowest BCUT2D eigenvalue weighted by Gasteiger charge is -2.30. The van der Waals surface area contributed by atoms with Gasteiger partial charge in [-0.15, -0.1) is 0 Å². The molecule has 1 N–H and O–H groups in total. The first-order chi connectivity index (χ1) is 11.9. The topological polar surface area (TPSA) is 23.5 Å². The molecule has 2 heteroatoms. The van der Waals surface area contributed by atoms with E-state index in [1.54, 1.807) is 0 Å². The molecule has 25 heavy (non-hydrogen) atoms. The van der Waals surface area contributed by atoms with Gasteiger partial charge in [-0.2, -0.15) is 0 Å². The molecule has 0 bridgehead atoms. The molecule has 2 fully saturated rings. The highest BCUT2D eigenvalue weighted by atomic mass is 16.3. The number of phenols is 1. The van der Waals surface area contributed by atoms with E-state index in [1.165, 1.54) is 29.8 Å². The van der Waals surface area contributed by atoms with E-state index in [2.05, 4.69) is 62.9 Å².